The average Bonchev–Trinajstić information content (AvgIpc) is 3.31. The van der Waals surface area contributed by atoms with E-state index in [2.05, 4.69) is 16.3 Å². The van der Waals surface area contributed by atoms with Crippen molar-refractivity contribution >= 4 is 11.6 Å². The number of carbonyl (C=O) groups excluding carboxylic acids is 1. The molecule has 0 aliphatic carbocycles. The molecule has 27 heavy (non-hydrogen) atoms. The largest absolute Gasteiger partial charge is 0.378 e. The van der Waals surface area contributed by atoms with Crippen LogP contribution >= 0.6 is 0 Å². The first-order valence-corrected chi connectivity index (χ1v) is 9.77. The lowest BCUT2D eigenvalue weighted by Crippen LogP contribution is -2.41. The Bertz CT molecular complexity index is 807. The fraction of sp³-hybridized carbons (Fsp3) is 0.600. The molecule has 0 spiro atoms. The number of amides is 1. The van der Waals surface area contributed by atoms with Crippen molar-refractivity contribution in [1.29, 1.82) is 0 Å². The maximum atomic E-state index is 13.2. The van der Waals surface area contributed by atoms with Crippen molar-refractivity contribution in [2.24, 2.45) is 0 Å². The van der Waals surface area contributed by atoms with Crippen LogP contribution in [0.3, 0.4) is 0 Å². The second kappa shape index (κ2) is 7.96. The molecule has 0 bridgehead atoms. The van der Waals surface area contributed by atoms with Gasteiger partial charge in [-0.3, -0.25) is 9.69 Å². The molecular weight excluding hydrogens is 344 g/mol. The van der Waals surface area contributed by atoms with Gasteiger partial charge in [0.05, 0.1) is 25.0 Å². The van der Waals surface area contributed by atoms with Crippen LogP contribution in [0.2, 0.25) is 0 Å². The van der Waals surface area contributed by atoms with E-state index < -0.39 is 0 Å². The maximum Gasteiger partial charge on any atom is 0.274 e. The number of hydrogen-bond acceptors (Lipinski definition) is 5. The maximum absolute atomic E-state index is 13.2. The molecule has 2 aromatic heterocycles. The molecule has 4 rings (SSSR count). The number of nitrogens with zero attached hydrogens (tertiary/aromatic N) is 4. The number of morpholine rings is 1. The molecule has 146 valence electrons. The Morgan fingerprint density at radius 3 is 2.89 bits per heavy atom. The predicted molar refractivity (Wildman–Crippen MR) is 102 cm³/mol. The molecule has 0 saturated carbocycles. The molecule has 2 fully saturated rings. The molecule has 0 radical (unpaired) electrons. The first-order valence-electron chi connectivity index (χ1n) is 9.77. The monoisotopic (exact) mass is 372 g/mol. The zero-order chi connectivity index (χ0) is 18.8. The molecule has 2 aliphatic rings. The van der Waals surface area contributed by atoms with E-state index in [0.29, 0.717) is 38.5 Å². The SMILES string of the molecule is Cc1cccn2c(CN(C)C[C@@H]3CCCO3)c(C(=O)N3CCOCC3)nc12. The fourth-order valence-corrected chi connectivity index (χ4v) is 3.95. The average molecular weight is 372 g/mol. The van der Waals surface area contributed by atoms with Crippen LogP contribution in [0, 0.1) is 6.92 Å². The van der Waals surface area contributed by atoms with E-state index in [9.17, 15) is 4.79 Å². The van der Waals surface area contributed by atoms with Gasteiger partial charge in [0.1, 0.15) is 5.65 Å². The zero-order valence-electron chi connectivity index (χ0n) is 16.2. The second-order valence-electron chi connectivity index (χ2n) is 7.53. The lowest BCUT2D eigenvalue weighted by Gasteiger charge is -2.27. The van der Waals surface area contributed by atoms with Gasteiger partial charge in [0, 0.05) is 39.0 Å². The van der Waals surface area contributed by atoms with Crippen LogP contribution in [-0.4, -0.2) is 77.7 Å². The van der Waals surface area contributed by atoms with Gasteiger partial charge in [-0.2, -0.15) is 0 Å². The van der Waals surface area contributed by atoms with Gasteiger partial charge in [0.15, 0.2) is 5.69 Å². The Balaban J connectivity index is 1.63. The Morgan fingerprint density at radius 2 is 2.15 bits per heavy atom. The van der Waals surface area contributed by atoms with Crippen molar-refractivity contribution in [3.8, 4) is 0 Å². The van der Waals surface area contributed by atoms with Gasteiger partial charge in [-0.1, -0.05) is 6.07 Å². The van der Waals surface area contributed by atoms with Crippen LogP contribution in [0.15, 0.2) is 18.3 Å². The second-order valence-corrected chi connectivity index (χ2v) is 7.53. The van der Waals surface area contributed by atoms with E-state index in [1.165, 1.54) is 0 Å². The molecule has 4 heterocycles. The van der Waals surface area contributed by atoms with Gasteiger partial charge in [-0.15, -0.1) is 0 Å². The summed E-state index contributed by atoms with van der Waals surface area (Å²) in [7, 11) is 2.08. The quantitative estimate of drug-likeness (QED) is 0.800. The predicted octanol–water partition coefficient (Wildman–Crippen LogP) is 1.73. The van der Waals surface area contributed by atoms with E-state index in [4.69, 9.17) is 14.5 Å². The van der Waals surface area contributed by atoms with Crippen molar-refractivity contribution in [1.82, 2.24) is 19.2 Å². The number of hydrogen-bond donors (Lipinski definition) is 0. The number of likely N-dealkylation sites (N-methyl/N-ethyl adjacent to an activating group) is 1. The van der Waals surface area contributed by atoms with Gasteiger partial charge in [-0.05, 0) is 38.4 Å². The zero-order valence-corrected chi connectivity index (χ0v) is 16.2. The first-order chi connectivity index (χ1) is 13.1. The summed E-state index contributed by atoms with van der Waals surface area (Å²) in [6.07, 6.45) is 4.53. The molecule has 0 aromatic carbocycles. The van der Waals surface area contributed by atoms with Gasteiger partial charge in [0.2, 0.25) is 0 Å². The summed E-state index contributed by atoms with van der Waals surface area (Å²) in [6, 6.07) is 4.04. The standard InChI is InChI=1S/C20H28N4O3/c1-15-5-3-7-24-17(14-22(2)13-16-6-4-10-27-16)18(21-19(15)24)20(25)23-8-11-26-12-9-23/h3,5,7,16H,4,6,8-14H2,1-2H3/t16-/m0/s1. The van der Waals surface area contributed by atoms with Crippen molar-refractivity contribution in [3.05, 3.63) is 35.3 Å². The number of rotatable bonds is 5. The highest BCUT2D eigenvalue weighted by Gasteiger charge is 2.27. The Morgan fingerprint density at radius 1 is 1.33 bits per heavy atom. The van der Waals surface area contributed by atoms with Crippen LogP contribution in [0.4, 0.5) is 0 Å². The summed E-state index contributed by atoms with van der Waals surface area (Å²) in [6.45, 7) is 6.84. The third kappa shape index (κ3) is 3.85. The van der Waals surface area contributed by atoms with Crippen LogP contribution < -0.4 is 0 Å². The van der Waals surface area contributed by atoms with Crippen molar-refractivity contribution in [2.75, 3.05) is 46.5 Å². The lowest BCUT2D eigenvalue weighted by molar-refractivity contribution is 0.0297. The fourth-order valence-electron chi connectivity index (χ4n) is 3.95. The number of pyridine rings is 1. The minimum Gasteiger partial charge on any atom is -0.378 e. The molecule has 0 N–H and O–H groups in total. The van der Waals surface area contributed by atoms with Crippen LogP contribution in [0.25, 0.3) is 5.65 Å². The number of aryl methyl sites for hydroxylation is 1. The summed E-state index contributed by atoms with van der Waals surface area (Å²) < 4.78 is 13.2. The molecule has 1 atom stereocenters. The van der Waals surface area contributed by atoms with Crippen molar-refractivity contribution in [2.45, 2.75) is 32.4 Å². The molecular formula is C20H28N4O3. The van der Waals surface area contributed by atoms with Gasteiger partial charge < -0.3 is 18.8 Å². The summed E-state index contributed by atoms with van der Waals surface area (Å²) in [5.41, 5.74) is 3.44. The Hall–Kier alpha value is -1.96. The number of ether oxygens (including phenoxy) is 2. The molecule has 2 aliphatic heterocycles. The molecule has 0 unspecified atom stereocenters. The first kappa shape index (κ1) is 18.4. The van der Waals surface area contributed by atoms with E-state index in [-0.39, 0.29) is 12.0 Å². The smallest absolute Gasteiger partial charge is 0.274 e. The topological polar surface area (TPSA) is 59.3 Å². The summed E-state index contributed by atoms with van der Waals surface area (Å²) in [5, 5.41) is 0. The van der Waals surface area contributed by atoms with E-state index >= 15 is 0 Å². The number of imidazole rings is 1. The van der Waals surface area contributed by atoms with Gasteiger partial charge in [0.25, 0.3) is 5.91 Å². The van der Waals surface area contributed by atoms with Crippen LogP contribution in [0.5, 0.6) is 0 Å². The van der Waals surface area contributed by atoms with Crippen molar-refractivity contribution in [3.63, 3.8) is 0 Å². The van der Waals surface area contributed by atoms with Crippen molar-refractivity contribution < 1.29 is 14.3 Å². The number of fused-ring (bicyclic) bond motifs is 1. The molecule has 2 saturated heterocycles. The Kier molecular flexibility index (Phi) is 5.43. The minimum absolute atomic E-state index is 0.00177. The van der Waals surface area contributed by atoms with E-state index in [1.54, 1.807) is 0 Å². The summed E-state index contributed by atoms with van der Waals surface area (Å²) in [5.74, 6) is 0.00177. The van der Waals surface area contributed by atoms with E-state index in [0.717, 1.165) is 42.9 Å². The molecule has 7 heteroatoms. The highest BCUT2D eigenvalue weighted by Crippen LogP contribution is 2.21. The van der Waals surface area contributed by atoms with Gasteiger partial charge in [-0.25, -0.2) is 4.98 Å². The lowest BCUT2D eigenvalue weighted by atomic mass is 10.2. The third-order valence-corrected chi connectivity index (χ3v) is 5.40. The highest BCUT2D eigenvalue weighted by molar-refractivity contribution is 5.94. The van der Waals surface area contributed by atoms with Gasteiger partial charge >= 0.3 is 0 Å². The normalized spacial score (nSPS) is 20.7. The Labute approximate surface area is 159 Å². The van der Waals surface area contributed by atoms with E-state index in [1.807, 2.05) is 30.2 Å². The molecule has 7 nitrogen and oxygen atoms in total. The summed E-state index contributed by atoms with van der Waals surface area (Å²) >= 11 is 0. The molecule has 1 amide bonds. The molecule has 2 aromatic rings. The third-order valence-electron chi connectivity index (χ3n) is 5.40. The van der Waals surface area contributed by atoms with Crippen LogP contribution in [-0.2, 0) is 16.0 Å². The number of carbonyl (C=O) groups is 1. The highest BCUT2D eigenvalue weighted by atomic mass is 16.5. The minimum atomic E-state index is 0.00177. The summed E-state index contributed by atoms with van der Waals surface area (Å²) in [4.78, 5) is 22.0. The van der Waals surface area contributed by atoms with Crippen LogP contribution in [0.1, 0.15) is 34.6 Å². The number of aromatic nitrogens is 2.